The molecule has 0 radical (unpaired) electrons. The highest BCUT2D eigenvalue weighted by Crippen LogP contribution is 2.45. The first-order valence-corrected chi connectivity index (χ1v) is 17.1. The molecule has 8 nitrogen and oxygen atoms in total. The van der Waals surface area contributed by atoms with E-state index in [0.29, 0.717) is 57.2 Å². The van der Waals surface area contributed by atoms with E-state index in [4.69, 9.17) is 4.74 Å². The molecule has 11 heteroatoms. The number of ether oxygens (including phenoxy) is 1. The number of methoxy groups -OCH3 is 1. The monoisotopic (exact) mass is 654 g/mol. The number of piperidine rings is 1. The summed E-state index contributed by atoms with van der Waals surface area (Å²) in [6.07, 6.45) is 8.58. The van der Waals surface area contributed by atoms with Crippen LogP contribution < -0.4 is 4.90 Å². The number of carboxylic acids is 1. The number of anilines is 1. The van der Waals surface area contributed by atoms with E-state index in [1.165, 1.54) is 25.0 Å². The Balaban J connectivity index is 1.27. The second-order valence-corrected chi connectivity index (χ2v) is 14.0. The fourth-order valence-corrected chi connectivity index (χ4v) is 8.84. The van der Waals surface area contributed by atoms with Gasteiger partial charge in [0.05, 0.1) is 37.0 Å². The van der Waals surface area contributed by atoms with Gasteiger partial charge in [-0.3, -0.25) is 14.5 Å². The molecule has 1 amide bonds. The number of hydrogen-bond donors (Lipinski definition) is 1. The van der Waals surface area contributed by atoms with Gasteiger partial charge in [-0.1, -0.05) is 25.0 Å². The van der Waals surface area contributed by atoms with Gasteiger partial charge in [0.2, 0.25) is 5.91 Å². The predicted molar refractivity (Wildman–Crippen MR) is 170 cm³/mol. The lowest BCUT2D eigenvalue weighted by Gasteiger charge is -2.35. The molecule has 0 spiro atoms. The molecule has 5 aliphatic rings. The van der Waals surface area contributed by atoms with Crippen LogP contribution in [0.15, 0.2) is 42.2 Å². The largest absolute Gasteiger partial charge is 0.497 e. The smallest absolute Gasteiger partial charge is 0.416 e. The van der Waals surface area contributed by atoms with E-state index in [9.17, 15) is 33.1 Å². The summed E-state index contributed by atoms with van der Waals surface area (Å²) in [6.45, 7) is 2.57. The fourth-order valence-electron chi connectivity index (χ4n) is 8.84. The molecule has 254 valence electrons. The molecule has 1 saturated carbocycles. The van der Waals surface area contributed by atoms with E-state index in [2.05, 4.69) is 23.1 Å². The molecule has 0 aromatic heterocycles. The van der Waals surface area contributed by atoms with Gasteiger partial charge in [0.25, 0.3) is 0 Å². The number of benzene rings is 1. The zero-order chi connectivity index (χ0) is 33.3. The molecule has 5 atom stereocenters. The van der Waals surface area contributed by atoms with Crippen LogP contribution in [0.2, 0.25) is 0 Å². The number of alkyl halides is 3. The van der Waals surface area contributed by atoms with Crippen molar-refractivity contribution in [3.05, 3.63) is 53.3 Å². The van der Waals surface area contributed by atoms with Crippen molar-refractivity contribution in [3.63, 3.8) is 0 Å². The zero-order valence-corrected chi connectivity index (χ0v) is 27.0. The summed E-state index contributed by atoms with van der Waals surface area (Å²) in [4.78, 5) is 32.4. The summed E-state index contributed by atoms with van der Waals surface area (Å²) in [5, 5.41) is 19.3. The van der Waals surface area contributed by atoms with Crippen molar-refractivity contribution in [2.45, 2.75) is 82.0 Å². The molecule has 0 bridgehead atoms. The van der Waals surface area contributed by atoms with Gasteiger partial charge in [-0.15, -0.1) is 0 Å². The highest BCUT2D eigenvalue weighted by Gasteiger charge is 2.48. The van der Waals surface area contributed by atoms with E-state index in [1.807, 2.05) is 15.9 Å². The molecular formula is C36H45F3N4O4. The maximum atomic E-state index is 14.6. The number of allylic oxidation sites excluding steroid dienone is 3. The summed E-state index contributed by atoms with van der Waals surface area (Å²) >= 11 is 0. The van der Waals surface area contributed by atoms with Gasteiger partial charge in [0.1, 0.15) is 5.76 Å². The van der Waals surface area contributed by atoms with Crippen molar-refractivity contribution in [1.29, 1.82) is 5.26 Å². The molecule has 6 rings (SSSR count). The van der Waals surface area contributed by atoms with Crippen molar-refractivity contribution in [3.8, 4) is 6.07 Å². The molecule has 1 unspecified atom stereocenters. The zero-order valence-electron chi connectivity index (χ0n) is 27.0. The van der Waals surface area contributed by atoms with Gasteiger partial charge in [-0.05, 0) is 80.2 Å². The Hall–Kier alpha value is -3.52. The summed E-state index contributed by atoms with van der Waals surface area (Å²) in [7, 11) is 1.65. The number of carbonyl (C=O) groups is 2. The summed E-state index contributed by atoms with van der Waals surface area (Å²) in [5.74, 6) is -0.684. The number of carbonyl (C=O) groups excluding carboxylic acids is 1. The SMILES string of the molecule is COC1=CCC([C@@H]2CN(C3CCCC3)C[C@H]2C(=O)N2C[C@H](c3ccc(C(F)(F)F)cc3N3CCC(C(=O)O)CC3)C[C@H]2CC#N)C=C1. The Morgan fingerprint density at radius 2 is 1.83 bits per heavy atom. The molecule has 3 aliphatic heterocycles. The Labute approximate surface area is 274 Å². The predicted octanol–water partition coefficient (Wildman–Crippen LogP) is 6.20. The van der Waals surface area contributed by atoms with Gasteiger partial charge >= 0.3 is 12.1 Å². The molecule has 3 heterocycles. The van der Waals surface area contributed by atoms with Crippen LogP contribution in [0.3, 0.4) is 0 Å². The number of halogens is 3. The third kappa shape index (κ3) is 7.03. The maximum Gasteiger partial charge on any atom is 0.416 e. The number of nitriles is 1. The van der Waals surface area contributed by atoms with Crippen LogP contribution in [-0.4, -0.2) is 78.7 Å². The van der Waals surface area contributed by atoms with Gasteiger partial charge < -0.3 is 19.6 Å². The first kappa shape index (κ1) is 33.4. The minimum absolute atomic E-state index is 0.0453. The molecule has 4 fully saturated rings. The normalized spacial score (nSPS) is 29.3. The summed E-state index contributed by atoms with van der Waals surface area (Å²) in [5.41, 5.74) is 0.439. The molecule has 1 N–H and O–H groups in total. The molecule has 3 saturated heterocycles. The number of likely N-dealkylation sites (tertiary alicyclic amines) is 2. The minimum atomic E-state index is -4.52. The third-order valence-electron chi connectivity index (χ3n) is 11.4. The highest BCUT2D eigenvalue weighted by atomic mass is 19.4. The van der Waals surface area contributed by atoms with Crippen LogP contribution in [0.1, 0.15) is 74.8 Å². The number of rotatable bonds is 8. The summed E-state index contributed by atoms with van der Waals surface area (Å²) in [6, 6.07) is 6.25. The highest BCUT2D eigenvalue weighted by molar-refractivity contribution is 5.81. The van der Waals surface area contributed by atoms with Crippen LogP contribution in [0, 0.1) is 35.0 Å². The van der Waals surface area contributed by atoms with Crippen molar-refractivity contribution in [1.82, 2.24) is 9.80 Å². The third-order valence-corrected chi connectivity index (χ3v) is 11.4. The van der Waals surface area contributed by atoms with E-state index < -0.39 is 23.6 Å². The average molecular weight is 655 g/mol. The van der Waals surface area contributed by atoms with Crippen molar-refractivity contribution in [2.24, 2.45) is 23.7 Å². The van der Waals surface area contributed by atoms with E-state index in [1.54, 1.807) is 7.11 Å². The van der Waals surface area contributed by atoms with Crippen molar-refractivity contribution >= 4 is 17.6 Å². The average Bonchev–Trinajstić information content (AvgIpc) is 3.85. The maximum absolute atomic E-state index is 14.6. The molecule has 2 aliphatic carbocycles. The lowest BCUT2D eigenvalue weighted by atomic mass is 9.79. The lowest BCUT2D eigenvalue weighted by Crippen LogP contribution is -2.43. The van der Waals surface area contributed by atoms with Gasteiger partial charge in [-0.25, -0.2) is 0 Å². The van der Waals surface area contributed by atoms with E-state index in [0.717, 1.165) is 43.2 Å². The number of aliphatic carboxylic acids is 1. The Kier molecular flexibility index (Phi) is 9.88. The van der Waals surface area contributed by atoms with Crippen LogP contribution in [-0.2, 0) is 20.5 Å². The Morgan fingerprint density at radius 3 is 2.45 bits per heavy atom. The number of carboxylic acid groups (broad SMARTS) is 1. The Bertz CT molecular complexity index is 1420. The second kappa shape index (κ2) is 13.9. The van der Waals surface area contributed by atoms with Gasteiger partial charge in [0, 0.05) is 56.4 Å². The number of hydrogen-bond acceptors (Lipinski definition) is 6. The molecule has 1 aromatic carbocycles. The molecule has 1 aromatic rings. The van der Waals surface area contributed by atoms with Crippen molar-refractivity contribution < 1.29 is 32.6 Å². The van der Waals surface area contributed by atoms with Crippen LogP contribution in [0.5, 0.6) is 0 Å². The number of nitrogens with zero attached hydrogens (tertiary/aromatic N) is 4. The van der Waals surface area contributed by atoms with Crippen molar-refractivity contribution in [2.75, 3.05) is 44.7 Å². The first-order valence-electron chi connectivity index (χ1n) is 17.1. The summed E-state index contributed by atoms with van der Waals surface area (Å²) < 4.78 is 47.1. The first-order chi connectivity index (χ1) is 22.6. The standard InChI is InChI=1S/C36H45F3N4O4/c1-47-29-9-6-23(7-10-29)31-21-42(27-4-2-3-5-27)22-32(31)34(44)43-20-25(18-28(43)12-15-40)30-11-8-26(36(37,38)39)19-33(30)41-16-13-24(14-17-41)35(45)46/h6,8-11,19,23-25,27-28,31-32H,2-5,7,12-14,16-18,20-22H2,1H3,(H,45,46)/t23?,25-,28-,31+,32-/m1/s1. The van der Waals surface area contributed by atoms with E-state index in [-0.39, 0.29) is 42.0 Å². The lowest BCUT2D eigenvalue weighted by molar-refractivity contribution is -0.142. The van der Waals surface area contributed by atoms with E-state index >= 15 is 0 Å². The second-order valence-electron chi connectivity index (χ2n) is 14.0. The minimum Gasteiger partial charge on any atom is -0.497 e. The number of amides is 1. The van der Waals surface area contributed by atoms with Crippen LogP contribution in [0.25, 0.3) is 0 Å². The van der Waals surface area contributed by atoms with Gasteiger partial charge in [0.15, 0.2) is 0 Å². The molecular weight excluding hydrogens is 609 g/mol. The fraction of sp³-hybridized carbons (Fsp3) is 0.639. The van der Waals surface area contributed by atoms with Crippen LogP contribution in [0.4, 0.5) is 18.9 Å². The topological polar surface area (TPSA) is 97.1 Å². The molecule has 47 heavy (non-hydrogen) atoms. The Morgan fingerprint density at radius 1 is 1.09 bits per heavy atom. The quantitative estimate of drug-likeness (QED) is 0.357. The van der Waals surface area contributed by atoms with Gasteiger partial charge in [-0.2, -0.15) is 18.4 Å². The van der Waals surface area contributed by atoms with Crippen LogP contribution >= 0.6 is 0 Å².